The smallest absolute Gasteiger partial charge is 0.338 e. The van der Waals surface area contributed by atoms with Crippen molar-refractivity contribution in [2.24, 2.45) is 0 Å². The zero-order valence-electron chi connectivity index (χ0n) is 23.6. The standard InChI is InChI=1S/C30H28F3N9O/c1-19-24(25-12-14-36-42(25)23-10-8-20(17-34)9-11-23)18-41-27(26(19)21-6-4-7-22(16-21)30(31,32)33)37-28(39-41)38-29(43)35-13-5-15-40(2)3/h4,6-12,14,16,18H,5,13,15H2,1-3H3,(H2,35,38,39,43). The second kappa shape index (κ2) is 11.9. The summed E-state index contributed by atoms with van der Waals surface area (Å²) in [4.78, 5) is 19.0. The molecular weight excluding hydrogens is 559 g/mol. The fraction of sp³-hybridized carbons (Fsp3) is 0.233. The van der Waals surface area contributed by atoms with Crippen LogP contribution in [-0.4, -0.2) is 62.5 Å². The number of fused-ring (bicyclic) bond motifs is 1. The highest BCUT2D eigenvalue weighted by Gasteiger charge is 2.31. The summed E-state index contributed by atoms with van der Waals surface area (Å²) in [5.74, 6) is -0.00418. The molecule has 0 fully saturated rings. The van der Waals surface area contributed by atoms with Crippen LogP contribution in [0.4, 0.5) is 23.9 Å². The fourth-order valence-corrected chi connectivity index (χ4v) is 4.75. The number of benzene rings is 2. The first-order valence-corrected chi connectivity index (χ1v) is 13.4. The van der Waals surface area contributed by atoms with Crippen LogP contribution >= 0.6 is 0 Å². The summed E-state index contributed by atoms with van der Waals surface area (Å²) in [6, 6.07) is 15.2. The van der Waals surface area contributed by atoms with Crippen LogP contribution < -0.4 is 10.6 Å². The van der Waals surface area contributed by atoms with Gasteiger partial charge in [0.15, 0.2) is 5.65 Å². The maximum absolute atomic E-state index is 13.7. The van der Waals surface area contributed by atoms with Crippen molar-refractivity contribution in [3.8, 4) is 34.1 Å². The molecule has 10 nitrogen and oxygen atoms in total. The van der Waals surface area contributed by atoms with Gasteiger partial charge in [-0.25, -0.2) is 14.0 Å². The molecule has 2 aromatic carbocycles. The van der Waals surface area contributed by atoms with Gasteiger partial charge in [-0.15, -0.1) is 5.10 Å². The second-order valence-corrected chi connectivity index (χ2v) is 10.1. The van der Waals surface area contributed by atoms with Crippen molar-refractivity contribution in [1.82, 2.24) is 34.6 Å². The third kappa shape index (κ3) is 6.34. The minimum atomic E-state index is -4.54. The lowest BCUT2D eigenvalue weighted by molar-refractivity contribution is -0.137. The Morgan fingerprint density at radius 1 is 1.12 bits per heavy atom. The average molecular weight is 588 g/mol. The largest absolute Gasteiger partial charge is 0.416 e. The monoisotopic (exact) mass is 587 g/mol. The Morgan fingerprint density at radius 2 is 1.88 bits per heavy atom. The quantitative estimate of drug-likeness (QED) is 0.231. The highest BCUT2D eigenvalue weighted by atomic mass is 19.4. The van der Waals surface area contributed by atoms with Crippen molar-refractivity contribution < 1.29 is 18.0 Å². The van der Waals surface area contributed by atoms with Gasteiger partial charge in [0.2, 0.25) is 0 Å². The van der Waals surface area contributed by atoms with Gasteiger partial charge in [-0.1, -0.05) is 12.1 Å². The van der Waals surface area contributed by atoms with Crippen molar-refractivity contribution in [2.45, 2.75) is 19.5 Å². The average Bonchev–Trinajstić information content (AvgIpc) is 3.61. The Bertz CT molecular complexity index is 1820. The summed E-state index contributed by atoms with van der Waals surface area (Å²) in [5, 5.41) is 23.5. The Morgan fingerprint density at radius 3 is 2.58 bits per heavy atom. The predicted octanol–water partition coefficient (Wildman–Crippen LogP) is 5.52. The Labute approximate surface area is 245 Å². The first-order valence-electron chi connectivity index (χ1n) is 13.4. The molecule has 0 unspecified atom stereocenters. The number of carbonyl (C=O) groups is 1. The summed E-state index contributed by atoms with van der Waals surface area (Å²) in [6.07, 6.45) is -0.493. The highest BCUT2D eigenvalue weighted by Crippen LogP contribution is 2.38. The number of amides is 2. The number of halogens is 3. The number of aromatic nitrogens is 5. The molecule has 0 aliphatic heterocycles. The zero-order chi connectivity index (χ0) is 30.7. The van der Waals surface area contributed by atoms with Crippen LogP contribution in [0.5, 0.6) is 0 Å². The van der Waals surface area contributed by atoms with Crippen molar-refractivity contribution in [3.63, 3.8) is 0 Å². The molecule has 5 rings (SSSR count). The van der Waals surface area contributed by atoms with E-state index in [1.165, 1.54) is 10.6 Å². The summed E-state index contributed by atoms with van der Waals surface area (Å²) in [7, 11) is 3.88. The second-order valence-electron chi connectivity index (χ2n) is 10.1. The SMILES string of the molecule is Cc1c(-c2ccnn2-c2ccc(C#N)cc2)cn2nc(NC(=O)NCCCN(C)C)nc2c1-c1cccc(C(F)(F)F)c1. The van der Waals surface area contributed by atoms with Gasteiger partial charge in [0.25, 0.3) is 5.95 Å². The lowest BCUT2D eigenvalue weighted by Crippen LogP contribution is -2.31. The number of rotatable bonds is 8. The molecule has 0 aliphatic carbocycles. The maximum Gasteiger partial charge on any atom is 0.416 e. The van der Waals surface area contributed by atoms with Gasteiger partial charge in [0.1, 0.15) is 0 Å². The van der Waals surface area contributed by atoms with Gasteiger partial charge in [-0.05, 0) is 87.6 Å². The number of alkyl halides is 3. The molecule has 0 spiro atoms. The third-order valence-electron chi connectivity index (χ3n) is 6.82. The van der Waals surface area contributed by atoms with Gasteiger partial charge in [0.05, 0.1) is 34.8 Å². The molecule has 3 heterocycles. The van der Waals surface area contributed by atoms with Gasteiger partial charge < -0.3 is 10.2 Å². The summed E-state index contributed by atoms with van der Waals surface area (Å²) in [5.41, 5.74) is 3.26. The molecule has 2 N–H and O–H groups in total. The number of pyridine rings is 1. The predicted molar refractivity (Wildman–Crippen MR) is 156 cm³/mol. The van der Waals surface area contributed by atoms with Gasteiger partial charge in [-0.3, -0.25) is 5.32 Å². The number of nitriles is 1. The van der Waals surface area contributed by atoms with Crippen LogP contribution in [-0.2, 0) is 6.18 Å². The lowest BCUT2D eigenvalue weighted by atomic mass is 9.95. The van der Waals surface area contributed by atoms with Crippen molar-refractivity contribution in [2.75, 3.05) is 32.5 Å². The number of hydrogen-bond donors (Lipinski definition) is 2. The molecule has 220 valence electrons. The molecule has 2 amide bonds. The highest BCUT2D eigenvalue weighted by molar-refractivity contribution is 5.90. The Balaban J connectivity index is 1.61. The fourth-order valence-electron chi connectivity index (χ4n) is 4.75. The molecule has 0 saturated heterocycles. The maximum atomic E-state index is 13.7. The van der Waals surface area contributed by atoms with E-state index in [9.17, 15) is 23.2 Å². The minimum absolute atomic E-state index is 0.00418. The normalized spacial score (nSPS) is 11.6. The van der Waals surface area contributed by atoms with E-state index >= 15 is 0 Å². The van der Waals surface area contributed by atoms with Crippen LogP contribution in [0.15, 0.2) is 67.0 Å². The lowest BCUT2D eigenvalue weighted by Gasteiger charge is -2.16. The molecule has 0 aliphatic rings. The van der Waals surface area contributed by atoms with E-state index in [1.54, 1.807) is 60.4 Å². The van der Waals surface area contributed by atoms with Crippen LogP contribution in [0.2, 0.25) is 0 Å². The minimum Gasteiger partial charge on any atom is -0.338 e. The topological polar surface area (TPSA) is 116 Å². The number of urea groups is 1. The summed E-state index contributed by atoms with van der Waals surface area (Å²) >= 11 is 0. The zero-order valence-corrected chi connectivity index (χ0v) is 23.6. The Hall–Kier alpha value is -5.22. The van der Waals surface area contributed by atoms with Crippen molar-refractivity contribution >= 4 is 17.6 Å². The van der Waals surface area contributed by atoms with Gasteiger partial charge >= 0.3 is 12.2 Å². The van der Waals surface area contributed by atoms with E-state index in [2.05, 4.69) is 31.9 Å². The molecule has 13 heteroatoms. The number of carbonyl (C=O) groups excluding carboxylic acids is 1. The van der Waals surface area contributed by atoms with Crippen LogP contribution in [0.3, 0.4) is 0 Å². The van der Waals surface area contributed by atoms with Crippen LogP contribution in [0, 0.1) is 18.3 Å². The summed E-state index contributed by atoms with van der Waals surface area (Å²) in [6.45, 7) is 3.03. The molecule has 0 atom stereocenters. The van der Waals surface area contributed by atoms with E-state index in [1.807, 2.05) is 19.0 Å². The van der Waals surface area contributed by atoms with E-state index in [4.69, 9.17) is 0 Å². The molecule has 0 saturated carbocycles. The molecular formula is C30H28F3N9O. The first kappa shape index (κ1) is 29.3. The van der Waals surface area contributed by atoms with Crippen molar-refractivity contribution in [1.29, 1.82) is 5.26 Å². The molecule has 0 bridgehead atoms. The van der Waals surface area contributed by atoms with Gasteiger partial charge in [0, 0.05) is 23.9 Å². The number of nitrogens with one attached hydrogen (secondary N) is 2. The van der Waals surface area contributed by atoms with Crippen molar-refractivity contribution in [3.05, 3.63) is 83.7 Å². The van der Waals surface area contributed by atoms with Crippen LogP contribution in [0.25, 0.3) is 33.7 Å². The number of hydrogen-bond acceptors (Lipinski definition) is 6. The number of nitrogens with zero attached hydrogens (tertiary/aromatic N) is 7. The summed E-state index contributed by atoms with van der Waals surface area (Å²) < 4.78 is 44.2. The van der Waals surface area contributed by atoms with E-state index in [0.717, 1.165) is 25.1 Å². The van der Waals surface area contributed by atoms with E-state index in [-0.39, 0.29) is 17.2 Å². The van der Waals surface area contributed by atoms with E-state index < -0.39 is 17.8 Å². The number of anilines is 1. The molecule has 3 aromatic heterocycles. The molecule has 43 heavy (non-hydrogen) atoms. The molecule has 0 radical (unpaired) electrons. The third-order valence-corrected chi connectivity index (χ3v) is 6.82. The molecule has 5 aromatic rings. The Kier molecular flexibility index (Phi) is 8.13. The van der Waals surface area contributed by atoms with E-state index in [0.29, 0.717) is 40.2 Å². The first-order chi connectivity index (χ1) is 20.5. The van der Waals surface area contributed by atoms with Gasteiger partial charge in [-0.2, -0.15) is 28.5 Å². The van der Waals surface area contributed by atoms with Crippen LogP contribution in [0.1, 0.15) is 23.1 Å².